The maximum Gasteiger partial charge on any atom is 0.354 e. The number of hydrogen-bond donors (Lipinski definition) is 1. The minimum absolute atomic E-state index is 0.219. The van der Waals surface area contributed by atoms with E-state index in [4.69, 9.17) is 0 Å². The van der Waals surface area contributed by atoms with Crippen LogP contribution in [-0.4, -0.2) is 19.0 Å². The number of rotatable bonds is 4. The van der Waals surface area contributed by atoms with Gasteiger partial charge >= 0.3 is 5.97 Å². The Hall–Kier alpha value is -1.32. The number of amides is 1. The van der Waals surface area contributed by atoms with Crippen molar-refractivity contribution in [1.29, 1.82) is 0 Å². The van der Waals surface area contributed by atoms with Gasteiger partial charge in [-0.2, -0.15) is 0 Å². The van der Waals surface area contributed by atoms with Crippen LogP contribution in [0.2, 0.25) is 0 Å². The third kappa shape index (κ3) is 5.00. The smallest absolute Gasteiger partial charge is 0.354 e. The molecule has 0 radical (unpaired) electrons. The molecule has 0 aliphatic heterocycles. The molecular formula is C9H15NO3. The van der Waals surface area contributed by atoms with Crippen LogP contribution in [-0.2, 0) is 14.3 Å². The number of nitrogens with one attached hydrogen (secondary N) is 1. The van der Waals surface area contributed by atoms with Crippen LogP contribution in [0.3, 0.4) is 0 Å². The SMILES string of the molecule is CCC/C=C(\NC(C)=O)C(=O)OC. The van der Waals surface area contributed by atoms with E-state index in [1.54, 1.807) is 6.08 Å². The first-order valence-corrected chi connectivity index (χ1v) is 4.17. The van der Waals surface area contributed by atoms with Crippen molar-refractivity contribution in [3.8, 4) is 0 Å². The van der Waals surface area contributed by atoms with Crippen molar-refractivity contribution >= 4 is 11.9 Å². The molecule has 4 nitrogen and oxygen atoms in total. The van der Waals surface area contributed by atoms with Gasteiger partial charge in [0.05, 0.1) is 7.11 Å². The summed E-state index contributed by atoms with van der Waals surface area (Å²) in [5, 5.41) is 2.41. The number of methoxy groups -OCH3 is 1. The molecule has 0 aliphatic carbocycles. The van der Waals surface area contributed by atoms with Crippen LogP contribution in [0.25, 0.3) is 0 Å². The minimum Gasteiger partial charge on any atom is -0.464 e. The molecule has 1 amide bonds. The lowest BCUT2D eigenvalue weighted by molar-refractivity contribution is -0.137. The summed E-state index contributed by atoms with van der Waals surface area (Å²) in [6.07, 6.45) is 3.32. The molecule has 0 saturated carbocycles. The third-order valence-corrected chi connectivity index (χ3v) is 1.35. The molecule has 0 unspecified atom stereocenters. The molecule has 0 aromatic rings. The Morgan fingerprint density at radius 2 is 2.08 bits per heavy atom. The van der Waals surface area contributed by atoms with E-state index in [0.717, 1.165) is 12.8 Å². The fraction of sp³-hybridized carbons (Fsp3) is 0.556. The molecule has 0 fully saturated rings. The number of ether oxygens (including phenoxy) is 1. The summed E-state index contributed by atoms with van der Waals surface area (Å²) in [6.45, 7) is 3.34. The molecule has 0 spiro atoms. The Kier molecular flexibility index (Phi) is 5.59. The van der Waals surface area contributed by atoms with Crippen molar-refractivity contribution in [2.75, 3.05) is 7.11 Å². The molecule has 0 bridgehead atoms. The van der Waals surface area contributed by atoms with Gasteiger partial charge in [0.1, 0.15) is 5.70 Å². The van der Waals surface area contributed by atoms with E-state index in [-0.39, 0.29) is 11.6 Å². The molecule has 0 heterocycles. The molecule has 0 aromatic heterocycles. The van der Waals surface area contributed by atoms with E-state index >= 15 is 0 Å². The van der Waals surface area contributed by atoms with Crippen molar-refractivity contribution in [2.24, 2.45) is 0 Å². The van der Waals surface area contributed by atoms with E-state index in [9.17, 15) is 9.59 Å². The summed E-state index contributed by atoms with van der Waals surface area (Å²) in [5.41, 5.74) is 0.219. The van der Waals surface area contributed by atoms with Crippen molar-refractivity contribution in [3.05, 3.63) is 11.8 Å². The Morgan fingerprint density at radius 3 is 2.46 bits per heavy atom. The first kappa shape index (κ1) is 11.7. The average molecular weight is 185 g/mol. The summed E-state index contributed by atoms with van der Waals surface area (Å²) in [5.74, 6) is -0.781. The predicted molar refractivity (Wildman–Crippen MR) is 48.8 cm³/mol. The molecule has 1 N–H and O–H groups in total. The zero-order valence-corrected chi connectivity index (χ0v) is 8.22. The van der Waals surface area contributed by atoms with Crippen LogP contribution in [0.15, 0.2) is 11.8 Å². The maximum atomic E-state index is 11.0. The van der Waals surface area contributed by atoms with E-state index in [0.29, 0.717) is 0 Å². The first-order valence-electron chi connectivity index (χ1n) is 4.17. The number of allylic oxidation sites excluding steroid dienone is 1. The average Bonchev–Trinajstić information content (AvgIpc) is 2.10. The number of carbonyl (C=O) groups is 2. The van der Waals surface area contributed by atoms with Crippen molar-refractivity contribution in [3.63, 3.8) is 0 Å². The van der Waals surface area contributed by atoms with E-state index in [1.165, 1.54) is 14.0 Å². The highest BCUT2D eigenvalue weighted by atomic mass is 16.5. The van der Waals surface area contributed by atoms with Crippen molar-refractivity contribution in [2.45, 2.75) is 26.7 Å². The van der Waals surface area contributed by atoms with E-state index in [1.807, 2.05) is 6.92 Å². The first-order chi connectivity index (χ1) is 6.11. The summed E-state index contributed by atoms with van der Waals surface area (Å²) in [6, 6.07) is 0. The molecule has 74 valence electrons. The van der Waals surface area contributed by atoms with Gasteiger partial charge in [0.2, 0.25) is 5.91 Å². The van der Waals surface area contributed by atoms with Gasteiger partial charge in [0.25, 0.3) is 0 Å². The normalized spacial score (nSPS) is 10.8. The Balaban J connectivity index is 4.35. The van der Waals surface area contributed by atoms with Crippen LogP contribution in [0, 0.1) is 0 Å². The third-order valence-electron chi connectivity index (χ3n) is 1.35. The zero-order chi connectivity index (χ0) is 10.3. The highest BCUT2D eigenvalue weighted by Gasteiger charge is 2.09. The number of hydrogen-bond acceptors (Lipinski definition) is 3. The lowest BCUT2D eigenvalue weighted by Crippen LogP contribution is -2.25. The lowest BCUT2D eigenvalue weighted by Gasteiger charge is -2.04. The van der Waals surface area contributed by atoms with Crippen LogP contribution >= 0.6 is 0 Å². The second-order valence-electron chi connectivity index (χ2n) is 2.58. The lowest BCUT2D eigenvalue weighted by atomic mass is 10.3. The molecule has 4 heteroatoms. The van der Waals surface area contributed by atoms with Gasteiger partial charge in [-0.25, -0.2) is 4.79 Å². The number of esters is 1. The molecule has 0 rings (SSSR count). The summed E-state index contributed by atoms with van der Waals surface area (Å²) in [4.78, 5) is 21.7. The van der Waals surface area contributed by atoms with Gasteiger partial charge in [-0.15, -0.1) is 0 Å². The van der Waals surface area contributed by atoms with E-state index in [2.05, 4.69) is 10.1 Å². The van der Waals surface area contributed by atoms with Gasteiger partial charge in [-0.1, -0.05) is 19.4 Å². The Morgan fingerprint density at radius 1 is 1.46 bits per heavy atom. The van der Waals surface area contributed by atoms with Gasteiger partial charge in [-0.3, -0.25) is 4.79 Å². The quantitative estimate of drug-likeness (QED) is 0.524. The van der Waals surface area contributed by atoms with Crippen LogP contribution in [0.4, 0.5) is 0 Å². The molecule has 0 atom stereocenters. The summed E-state index contributed by atoms with van der Waals surface area (Å²) in [7, 11) is 1.28. The highest BCUT2D eigenvalue weighted by Crippen LogP contribution is 1.98. The van der Waals surface area contributed by atoms with Crippen LogP contribution in [0.1, 0.15) is 26.7 Å². The topological polar surface area (TPSA) is 55.4 Å². The number of unbranched alkanes of at least 4 members (excludes halogenated alkanes) is 1. The van der Waals surface area contributed by atoms with Crippen LogP contribution in [0.5, 0.6) is 0 Å². The standard InChI is InChI=1S/C9H15NO3/c1-4-5-6-8(9(12)13-3)10-7(2)11/h6H,4-5H2,1-3H3,(H,10,11)/b8-6-. The maximum absolute atomic E-state index is 11.0. The molecular weight excluding hydrogens is 170 g/mol. The molecule has 0 saturated heterocycles. The number of carbonyl (C=O) groups excluding carboxylic acids is 2. The largest absolute Gasteiger partial charge is 0.464 e. The highest BCUT2D eigenvalue weighted by molar-refractivity contribution is 5.93. The van der Waals surface area contributed by atoms with E-state index < -0.39 is 5.97 Å². The second-order valence-corrected chi connectivity index (χ2v) is 2.58. The molecule has 13 heavy (non-hydrogen) atoms. The van der Waals surface area contributed by atoms with Crippen molar-refractivity contribution in [1.82, 2.24) is 5.32 Å². The van der Waals surface area contributed by atoms with Crippen molar-refractivity contribution < 1.29 is 14.3 Å². The monoisotopic (exact) mass is 185 g/mol. The van der Waals surface area contributed by atoms with Gasteiger partial charge in [0, 0.05) is 6.92 Å². The second kappa shape index (κ2) is 6.22. The van der Waals surface area contributed by atoms with Crippen LogP contribution < -0.4 is 5.32 Å². The zero-order valence-electron chi connectivity index (χ0n) is 8.22. The van der Waals surface area contributed by atoms with Gasteiger partial charge in [0.15, 0.2) is 0 Å². The van der Waals surface area contributed by atoms with Gasteiger partial charge in [-0.05, 0) is 6.42 Å². The Labute approximate surface area is 78.0 Å². The summed E-state index contributed by atoms with van der Waals surface area (Å²) < 4.78 is 4.49. The minimum atomic E-state index is -0.511. The fourth-order valence-corrected chi connectivity index (χ4v) is 0.774. The van der Waals surface area contributed by atoms with Gasteiger partial charge < -0.3 is 10.1 Å². The Bertz CT molecular complexity index is 221. The molecule has 0 aromatic carbocycles. The molecule has 0 aliphatic rings. The predicted octanol–water partition coefficient (Wildman–Crippen LogP) is 0.979. The fourth-order valence-electron chi connectivity index (χ4n) is 0.774. The summed E-state index contributed by atoms with van der Waals surface area (Å²) >= 11 is 0.